The maximum Gasteiger partial charge on any atom is 0.323 e. The molecule has 0 saturated heterocycles. The van der Waals surface area contributed by atoms with Crippen LogP contribution in [0.4, 0.5) is 0 Å². The Morgan fingerprint density at radius 2 is 1.21 bits per heavy atom. The van der Waals surface area contributed by atoms with Crippen molar-refractivity contribution in [2.75, 3.05) is 24.7 Å². The predicted molar refractivity (Wildman–Crippen MR) is 79.4 cm³/mol. The number of hydrogen-bond acceptors (Lipinski definition) is 8. The second-order valence-corrected chi connectivity index (χ2v) is 4.70. The van der Waals surface area contributed by atoms with Gasteiger partial charge in [-0.1, -0.05) is 0 Å². The number of rotatable bonds is 10. The Bertz CT molecular complexity index is 253. The molecule has 0 heterocycles. The van der Waals surface area contributed by atoms with Crippen molar-refractivity contribution in [3.8, 4) is 0 Å². The first-order valence-electron chi connectivity index (χ1n) is 6.09. The van der Waals surface area contributed by atoms with Gasteiger partial charge in [0.2, 0.25) is 0 Å². The summed E-state index contributed by atoms with van der Waals surface area (Å²) in [5.74, 6) is -0.359. The summed E-state index contributed by atoms with van der Waals surface area (Å²) in [6.45, 7) is 0.620. The SMILES string of the molecule is N[C@@H](CS)C(=O)OCCCCCOC(=O)[C@@H](N)CS. The highest BCUT2D eigenvalue weighted by atomic mass is 32.1. The molecule has 19 heavy (non-hydrogen) atoms. The Kier molecular flexibility index (Phi) is 11.1. The van der Waals surface area contributed by atoms with E-state index in [1.165, 1.54) is 0 Å². The highest BCUT2D eigenvalue weighted by molar-refractivity contribution is 7.80. The summed E-state index contributed by atoms with van der Waals surface area (Å²) in [6, 6.07) is -1.35. The largest absolute Gasteiger partial charge is 0.465 e. The number of carbonyl (C=O) groups excluding carboxylic acids is 2. The van der Waals surface area contributed by atoms with Gasteiger partial charge in [-0.05, 0) is 19.3 Å². The van der Waals surface area contributed by atoms with Crippen LogP contribution in [-0.2, 0) is 19.1 Å². The van der Waals surface area contributed by atoms with Gasteiger partial charge < -0.3 is 20.9 Å². The minimum atomic E-state index is -0.674. The van der Waals surface area contributed by atoms with Crippen molar-refractivity contribution in [2.45, 2.75) is 31.3 Å². The third kappa shape index (κ3) is 9.15. The fourth-order valence-corrected chi connectivity index (χ4v) is 1.39. The zero-order valence-electron chi connectivity index (χ0n) is 10.8. The quantitative estimate of drug-likeness (QED) is 0.252. The highest BCUT2D eigenvalue weighted by Gasteiger charge is 2.13. The summed E-state index contributed by atoms with van der Waals surface area (Å²) in [5.41, 5.74) is 10.9. The van der Waals surface area contributed by atoms with Crippen LogP contribution in [0.3, 0.4) is 0 Å². The number of ether oxygens (including phenoxy) is 2. The van der Waals surface area contributed by atoms with E-state index < -0.39 is 24.0 Å². The lowest BCUT2D eigenvalue weighted by atomic mass is 10.2. The van der Waals surface area contributed by atoms with Gasteiger partial charge in [0.05, 0.1) is 13.2 Å². The van der Waals surface area contributed by atoms with E-state index in [1.807, 2.05) is 0 Å². The molecule has 6 nitrogen and oxygen atoms in total. The molecule has 8 heteroatoms. The van der Waals surface area contributed by atoms with Crippen molar-refractivity contribution in [3.05, 3.63) is 0 Å². The fraction of sp³-hybridized carbons (Fsp3) is 0.818. The van der Waals surface area contributed by atoms with E-state index in [0.717, 1.165) is 6.42 Å². The molecule has 0 radical (unpaired) electrons. The van der Waals surface area contributed by atoms with Gasteiger partial charge in [0.15, 0.2) is 0 Å². The van der Waals surface area contributed by atoms with Crippen LogP contribution in [0.25, 0.3) is 0 Å². The monoisotopic (exact) mass is 310 g/mol. The van der Waals surface area contributed by atoms with Crippen molar-refractivity contribution in [1.82, 2.24) is 0 Å². The van der Waals surface area contributed by atoms with Gasteiger partial charge in [0, 0.05) is 11.5 Å². The lowest BCUT2D eigenvalue weighted by Gasteiger charge is -2.10. The topological polar surface area (TPSA) is 105 Å². The molecule has 0 aliphatic carbocycles. The molecule has 0 amide bonds. The van der Waals surface area contributed by atoms with Gasteiger partial charge in [-0.25, -0.2) is 0 Å². The summed E-state index contributed by atoms with van der Waals surface area (Å²) in [6.07, 6.45) is 2.18. The molecule has 0 bridgehead atoms. The summed E-state index contributed by atoms with van der Waals surface area (Å²) in [4.78, 5) is 22.3. The Morgan fingerprint density at radius 3 is 1.53 bits per heavy atom. The van der Waals surface area contributed by atoms with Crippen molar-refractivity contribution in [3.63, 3.8) is 0 Å². The Hall–Kier alpha value is -0.440. The molecule has 0 aromatic heterocycles. The molecule has 112 valence electrons. The number of carbonyl (C=O) groups is 2. The van der Waals surface area contributed by atoms with Crippen LogP contribution in [0.1, 0.15) is 19.3 Å². The van der Waals surface area contributed by atoms with Crippen molar-refractivity contribution >= 4 is 37.2 Å². The van der Waals surface area contributed by atoms with Gasteiger partial charge in [-0.3, -0.25) is 9.59 Å². The van der Waals surface area contributed by atoms with Crippen LogP contribution in [-0.4, -0.2) is 48.7 Å². The van der Waals surface area contributed by atoms with E-state index in [9.17, 15) is 9.59 Å². The fourth-order valence-electron chi connectivity index (χ4n) is 1.09. The average molecular weight is 310 g/mol. The Labute approximate surface area is 124 Å². The predicted octanol–water partition coefficient (Wildman–Crippen LogP) is -0.243. The van der Waals surface area contributed by atoms with Crippen molar-refractivity contribution in [1.29, 1.82) is 0 Å². The molecule has 4 N–H and O–H groups in total. The van der Waals surface area contributed by atoms with E-state index in [1.54, 1.807) is 0 Å². The third-order valence-corrected chi connectivity index (χ3v) is 3.06. The number of nitrogens with two attached hydrogens (primary N) is 2. The van der Waals surface area contributed by atoms with Crippen LogP contribution in [0.5, 0.6) is 0 Å². The zero-order valence-corrected chi connectivity index (χ0v) is 12.6. The van der Waals surface area contributed by atoms with E-state index in [2.05, 4.69) is 25.3 Å². The van der Waals surface area contributed by atoms with Crippen LogP contribution in [0.15, 0.2) is 0 Å². The van der Waals surface area contributed by atoms with Crippen molar-refractivity contribution < 1.29 is 19.1 Å². The summed E-state index contributed by atoms with van der Waals surface area (Å²) in [7, 11) is 0. The van der Waals surface area contributed by atoms with Crippen LogP contribution in [0.2, 0.25) is 0 Å². The molecule has 0 aliphatic heterocycles. The molecule has 0 rings (SSSR count). The number of hydrogen-bond donors (Lipinski definition) is 4. The molecule has 0 aliphatic rings. The first-order chi connectivity index (χ1) is 9.02. The molecule has 0 unspecified atom stereocenters. The second kappa shape index (κ2) is 11.4. The first kappa shape index (κ1) is 18.6. The lowest BCUT2D eigenvalue weighted by molar-refractivity contribution is -0.144. The van der Waals surface area contributed by atoms with Crippen molar-refractivity contribution in [2.24, 2.45) is 11.5 Å². The average Bonchev–Trinajstić information content (AvgIpc) is 2.43. The van der Waals surface area contributed by atoms with Gasteiger partial charge in [-0.15, -0.1) is 0 Å². The molecule has 0 aromatic carbocycles. The Morgan fingerprint density at radius 1 is 0.842 bits per heavy atom. The van der Waals surface area contributed by atoms with E-state index >= 15 is 0 Å². The Balaban J connectivity index is 3.42. The molecule has 0 saturated carbocycles. The summed E-state index contributed by atoms with van der Waals surface area (Å²) in [5, 5.41) is 0. The third-order valence-electron chi connectivity index (χ3n) is 2.28. The smallest absolute Gasteiger partial charge is 0.323 e. The molecule has 0 aromatic rings. The first-order valence-corrected chi connectivity index (χ1v) is 7.35. The molecular formula is C11H22N2O4S2. The summed E-state index contributed by atoms with van der Waals surface area (Å²) >= 11 is 7.80. The molecule has 0 fully saturated rings. The zero-order chi connectivity index (χ0) is 14.7. The van der Waals surface area contributed by atoms with Crippen LogP contribution in [0, 0.1) is 0 Å². The van der Waals surface area contributed by atoms with Gasteiger partial charge in [0.1, 0.15) is 12.1 Å². The number of esters is 2. The van der Waals surface area contributed by atoms with E-state index in [4.69, 9.17) is 20.9 Å². The molecule has 0 spiro atoms. The standard InChI is InChI=1S/C11H22N2O4S2/c12-8(6-18)10(14)16-4-2-1-3-5-17-11(15)9(13)7-19/h8-9,18-19H,1-7,12-13H2/t8-,9-/m0/s1. The normalized spacial score (nSPS) is 13.7. The maximum atomic E-state index is 11.2. The van der Waals surface area contributed by atoms with Crippen LogP contribution >= 0.6 is 25.3 Å². The second-order valence-electron chi connectivity index (χ2n) is 3.97. The van der Waals surface area contributed by atoms with E-state index in [-0.39, 0.29) is 11.5 Å². The van der Waals surface area contributed by atoms with Gasteiger partial charge in [0.25, 0.3) is 0 Å². The number of unbranched alkanes of at least 4 members (excludes halogenated alkanes) is 2. The van der Waals surface area contributed by atoms with Crippen LogP contribution < -0.4 is 11.5 Å². The molecular weight excluding hydrogens is 288 g/mol. The number of thiol groups is 2. The van der Waals surface area contributed by atoms with E-state index in [0.29, 0.717) is 26.1 Å². The van der Waals surface area contributed by atoms with Gasteiger partial charge >= 0.3 is 11.9 Å². The maximum absolute atomic E-state index is 11.2. The highest BCUT2D eigenvalue weighted by Crippen LogP contribution is 1.99. The van der Waals surface area contributed by atoms with Gasteiger partial charge in [-0.2, -0.15) is 25.3 Å². The lowest BCUT2D eigenvalue weighted by Crippen LogP contribution is -2.34. The molecule has 2 atom stereocenters. The minimum absolute atomic E-state index is 0.264. The summed E-state index contributed by atoms with van der Waals surface area (Å²) < 4.78 is 9.85. The minimum Gasteiger partial charge on any atom is -0.465 e.